The fourth-order valence-electron chi connectivity index (χ4n) is 1.54. The molecule has 0 radical (unpaired) electrons. The minimum atomic E-state index is -1.09. The predicted octanol–water partition coefficient (Wildman–Crippen LogP) is 1.40. The molecule has 1 atom stereocenters. The molecule has 0 saturated carbocycles. The summed E-state index contributed by atoms with van der Waals surface area (Å²) in [5, 5.41) is 15.7. The van der Waals surface area contributed by atoms with Crippen LogP contribution < -0.4 is 5.32 Å². The van der Waals surface area contributed by atoms with Crippen molar-refractivity contribution >= 4 is 5.97 Å². The number of carbonyl (C=O) groups is 1. The number of hydrogen-bond acceptors (Lipinski definition) is 4. The lowest BCUT2D eigenvalue weighted by Gasteiger charge is -2.33. The third-order valence-electron chi connectivity index (χ3n) is 2.68. The van der Waals surface area contributed by atoms with E-state index < -0.39 is 11.5 Å². The second kappa shape index (κ2) is 7.89. The normalized spacial score (nSPS) is 14.1. The minimum Gasteiger partial charge on any atom is -0.480 e. The summed E-state index contributed by atoms with van der Waals surface area (Å²) in [4.78, 5) is 14.0. The van der Waals surface area contributed by atoms with Gasteiger partial charge in [0, 0.05) is 18.6 Å². The molecule has 0 aliphatic rings. The molecule has 0 aromatic carbocycles. The highest BCUT2D eigenvalue weighted by Crippen LogP contribution is 2.18. The molecule has 0 bridgehead atoms. The van der Waals surface area contributed by atoms with Crippen molar-refractivity contribution in [2.75, 3.05) is 26.8 Å². The maximum absolute atomic E-state index is 11.3. The van der Waals surface area contributed by atoms with E-state index in [0.717, 1.165) is 0 Å². The number of hydrogen-bond donors (Lipinski definition) is 2. The van der Waals surface area contributed by atoms with Gasteiger partial charge in [-0.05, 0) is 24.4 Å². The number of ether oxygens (including phenoxy) is 1. The maximum Gasteiger partial charge on any atom is 0.326 e. The quantitative estimate of drug-likeness (QED) is 0.276. The number of carboxylic acid groups (broad SMARTS) is 1. The Hall–Kier alpha value is -1.30. The Morgan fingerprint density at radius 2 is 2.29 bits per heavy atom. The van der Waals surface area contributed by atoms with Crippen LogP contribution in [-0.4, -0.2) is 43.4 Å². The third-order valence-corrected chi connectivity index (χ3v) is 2.68. The van der Waals surface area contributed by atoms with Crippen molar-refractivity contribution in [3.05, 3.63) is 10.4 Å². The van der Waals surface area contributed by atoms with Crippen molar-refractivity contribution in [1.29, 1.82) is 0 Å². The Bertz CT molecular complexity index is 289. The first-order valence-corrected chi connectivity index (χ1v) is 5.49. The van der Waals surface area contributed by atoms with Gasteiger partial charge in [0.15, 0.2) is 0 Å². The highest BCUT2D eigenvalue weighted by molar-refractivity contribution is 5.79. The van der Waals surface area contributed by atoms with Crippen molar-refractivity contribution in [2.24, 2.45) is 11.0 Å². The largest absolute Gasteiger partial charge is 0.480 e. The van der Waals surface area contributed by atoms with Crippen molar-refractivity contribution in [1.82, 2.24) is 5.32 Å². The van der Waals surface area contributed by atoms with Gasteiger partial charge in [-0.2, -0.15) is 0 Å². The average molecular weight is 244 g/mol. The molecule has 0 saturated heterocycles. The summed E-state index contributed by atoms with van der Waals surface area (Å²) >= 11 is 0. The van der Waals surface area contributed by atoms with Crippen LogP contribution in [0.1, 0.15) is 20.3 Å². The van der Waals surface area contributed by atoms with Gasteiger partial charge in [0.05, 0.1) is 6.61 Å². The van der Waals surface area contributed by atoms with Gasteiger partial charge in [0.2, 0.25) is 0 Å². The molecule has 1 unspecified atom stereocenters. The monoisotopic (exact) mass is 244 g/mol. The van der Waals surface area contributed by atoms with Crippen LogP contribution in [0.4, 0.5) is 0 Å². The van der Waals surface area contributed by atoms with E-state index in [0.29, 0.717) is 19.5 Å². The van der Waals surface area contributed by atoms with Crippen molar-refractivity contribution in [2.45, 2.75) is 25.8 Å². The highest BCUT2D eigenvalue weighted by Gasteiger charge is 2.41. The van der Waals surface area contributed by atoms with Crippen molar-refractivity contribution in [3.63, 3.8) is 0 Å². The lowest BCUT2D eigenvalue weighted by atomic mass is 9.87. The number of azide groups is 1. The number of nitrogens with one attached hydrogen (secondary N) is 1. The van der Waals surface area contributed by atoms with Crippen LogP contribution >= 0.6 is 0 Å². The van der Waals surface area contributed by atoms with Gasteiger partial charge in [-0.25, -0.2) is 0 Å². The van der Waals surface area contributed by atoms with E-state index in [1.54, 1.807) is 0 Å². The van der Waals surface area contributed by atoms with Crippen LogP contribution in [0, 0.1) is 5.92 Å². The first kappa shape index (κ1) is 15.7. The van der Waals surface area contributed by atoms with Gasteiger partial charge in [0.25, 0.3) is 0 Å². The lowest BCUT2D eigenvalue weighted by Crippen LogP contribution is -2.59. The van der Waals surface area contributed by atoms with Crippen LogP contribution in [0.5, 0.6) is 0 Å². The molecule has 98 valence electrons. The molecule has 0 aromatic heterocycles. The summed E-state index contributed by atoms with van der Waals surface area (Å²) < 4.78 is 4.98. The smallest absolute Gasteiger partial charge is 0.326 e. The molecule has 0 fully saturated rings. The molecule has 7 heteroatoms. The number of nitrogens with zero attached hydrogens (tertiary/aromatic N) is 3. The highest BCUT2D eigenvalue weighted by atomic mass is 16.5. The third kappa shape index (κ3) is 4.60. The van der Waals surface area contributed by atoms with E-state index in [1.807, 2.05) is 13.8 Å². The Balaban J connectivity index is 4.46. The molecular weight excluding hydrogens is 224 g/mol. The van der Waals surface area contributed by atoms with Gasteiger partial charge in [-0.15, -0.1) is 0 Å². The Labute approximate surface area is 101 Å². The van der Waals surface area contributed by atoms with Crippen molar-refractivity contribution in [3.8, 4) is 0 Å². The zero-order chi connectivity index (χ0) is 13.3. The summed E-state index contributed by atoms with van der Waals surface area (Å²) in [6.45, 7) is 4.57. The van der Waals surface area contributed by atoms with Gasteiger partial charge in [0.1, 0.15) is 5.54 Å². The van der Waals surface area contributed by atoms with E-state index >= 15 is 0 Å². The second-order valence-corrected chi connectivity index (χ2v) is 4.10. The summed E-state index contributed by atoms with van der Waals surface area (Å²) in [5.41, 5.74) is 7.02. The first-order valence-electron chi connectivity index (χ1n) is 5.49. The Morgan fingerprint density at radius 3 is 2.71 bits per heavy atom. The fraction of sp³-hybridized carbons (Fsp3) is 0.900. The zero-order valence-corrected chi connectivity index (χ0v) is 10.5. The van der Waals surface area contributed by atoms with Gasteiger partial charge in [-0.1, -0.05) is 19.0 Å². The van der Waals surface area contributed by atoms with E-state index in [2.05, 4.69) is 15.3 Å². The fourth-order valence-corrected chi connectivity index (χ4v) is 1.54. The molecule has 17 heavy (non-hydrogen) atoms. The summed E-state index contributed by atoms with van der Waals surface area (Å²) in [7, 11) is 1.47. The van der Waals surface area contributed by atoms with Crippen LogP contribution in [-0.2, 0) is 9.53 Å². The van der Waals surface area contributed by atoms with Gasteiger partial charge < -0.3 is 9.84 Å². The first-order chi connectivity index (χ1) is 8.01. The molecule has 0 heterocycles. The van der Waals surface area contributed by atoms with E-state index in [-0.39, 0.29) is 12.5 Å². The number of carboxylic acids is 1. The standard InChI is InChI=1S/C10H20N4O3/c1-8(2)10(7-17-3,9(15)16)12-5-4-6-13-14-11/h8,12H,4-7H2,1-3H3,(H,15,16). The molecule has 0 amide bonds. The van der Waals surface area contributed by atoms with E-state index in [1.165, 1.54) is 7.11 Å². The predicted molar refractivity (Wildman–Crippen MR) is 63.7 cm³/mol. The molecule has 0 aliphatic carbocycles. The second-order valence-electron chi connectivity index (χ2n) is 4.10. The summed E-state index contributed by atoms with van der Waals surface area (Å²) in [6.07, 6.45) is 0.593. The average Bonchev–Trinajstić information content (AvgIpc) is 2.26. The summed E-state index contributed by atoms with van der Waals surface area (Å²) in [5.74, 6) is -1.04. The Kier molecular flexibility index (Phi) is 7.29. The SMILES string of the molecule is COCC(NCCCN=[N+]=[N-])(C(=O)O)C(C)C. The Morgan fingerprint density at radius 1 is 1.65 bits per heavy atom. The minimum absolute atomic E-state index is 0.0987. The summed E-state index contributed by atoms with van der Waals surface area (Å²) in [6, 6.07) is 0. The molecule has 0 aromatic rings. The molecule has 0 rings (SSSR count). The van der Waals surface area contributed by atoms with E-state index in [9.17, 15) is 9.90 Å². The van der Waals surface area contributed by atoms with Crippen LogP contribution in [0.25, 0.3) is 10.4 Å². The van der Waals surface area contributed by atoms with Crippen LogP contribution in [0.3, 0.4) is 0 Å². The number of rotatable bonds is 9. The number of methoxy groups -OCH3 is 1. The lowest BCUT2D eigenvalue weighted by molar-refractivity contribution is -0.150. The van der Waals surface area contributed by atoms with Crippen molar-refractivity contribution < 1.29 is 14.6 Å². The molecule has 7 nitrogen and oxygen atoms in total. The van der Waals surface area contributed by atoms with E-state index in [4.69, 9.17) is 10.3 Å². The maximum atomic E-state index is 11.3. The molecular formula is C10H20N4O3. The van der Waals surface area contributed by atoms with Gasteiger partial charge >= 0.3 is 5.97 Å². The van der Waals surface area contributed by atoms with Gasteiger partial charge in [-0.3, -0.25) is 10.1 Å². The topological polar surface area (TPSA) is 107 Å². The molecule has 0 spiro atoms. The van der Waals surface area contributed by atoms with Crippen LogP contribution in [0.15, 0.2) is 5.11 Å². The molecule has 2 N–H and O–H groups in total. The van der Waals surface area contributed by atoms with Crippen LogP contribution in [0.2, 0.25) is 0 Å². The number of aliphatic carboxylic acids is 1. The molecule has 0 aliphatic heterocycles. The zero-order valence-electron chi connectivity index (χ0n) is 10.5.